The highest BCUT2D eigenvalue weighted by Gasteiger charge is 2.31. The van der Waals surface area contributed by atoms with Crippen molar-refractivity contribution >= 4 is 34.4 Å². The standard InChI is InChI=1S/C16H12F3N5O3S/c17-16(18,19)27-10-3-1-8(2-4-10)21-12(25)5-9-7-28-15-22-13-11(6-20-23-13)14(26)24(9)15/h1-4,6,9H,5,7H2,(H,20,23)(H,21,25). The molecule has 0 spiro atoms. The third-order valence-electron chi connectivity index (χ3n) is 4.04. The first-order chi connectivity index (χ1) is 13.3. The van der Waals surface area contributed by atoms with Crippen molar-refractivity contribution in [1.29, 1.82) is 0 Å². The van der Waals surface area contributed by atoms with Gasteiger partial charge in [-0.25, -0.2) is 4.98 Å². The predicted molar refractivity (Wildman–Crippen MR) is 94.3 cm³/mol. The summed E-state index contributed by atoms with van der Waals surface area (Å²) in [6.07, 6.45) is -3.37. The topological polar surface area (TPSA) is 102 Å². The maximum absolute atomic E-state index is 12.6. The van der Waals surface area contributed by atoms with Crippen molar-refractivity contribution in [1.82, 2.24) is 19.7 Å². The lowest BCUT2D eigenvalue weighted by molar-refractivity contribution is -0.274. The minimum atomic E-state index is -4.78. The zero-order chi connectivity index (χ0) is 19.9. The van der Waals surface area contributed by atoms with Gasteiger partial charge in [0, 0.05) is 17.9 Å². The molecule has 4 rings (SSSR count). The average molecular weight is 411 g/mol. The van der Waals surface area contributed by atoms with Gasteiger partial charge in [0.2, 0.25) is 5.91 Å². The number of anilines is 1. The van der Waals surface area contributed by atoms with Gasteiger partial charge in [-0.2, -0.15) is 5.10 Å². The number of benzene rings is 1. The first kappa shape index (κ1) is 18.3. The number of thioether (sulfide) groups is 1. The van der Waals surface area contributed by atoms with Crippen LogP contribution in [0.4, 0.5) is 18.9 Å². The van der Waals surface area contributed by atoms with Crippen LogP contribution in [0.25, 0.3) is 11.0 Å². The van der Waals surface area contributed by atoms with Crippen LogP contribution in [0.15, 0.2) is 40.4 Å². The van der Waals surface area contributed by atoms with Crippen molar-refractivity contribution in [3.8, 4) is 5.75 Å². The second kappa shape index (κ2) is 6.86. The lowest BCUT2D eigenvalue weighted by Gasteiger charge is -2.13. The van der Waals surface area contributed by atoms with Gasteiger partial charge in [0.1, 0.15) is 11.1 Å². The molecule has 0 saturated heterocycles. The molecule has 12 heteroatoms. The zero-order valence-electron chi connectivity index (χ0n) is 14.0. The SMILES string of the molecule is O=C(CC1CSc2nc3[nH]ncc3c(=O)n21)Nc1ccc(OC(F)(F)F)cc1. The summed E-state index contributed by atoms with van der Waals surface area (Å²) in [7, 11) is 0. The molecule has 2 N–H and O–H groups in total. The molecule has 1 atom stereocenters. The highest BCUT2D eigenvalue weighted by atomic mass is 32.2. The summed E-state index contributed by atoms with van der Waals surface area (Å²) < 4.78 is 41.8. The molecule has 2 aromatic heterocycles. The Bertz CT molecular complexity index is 1090. The number of aromatic nitrogens is 4. The van der Waals surface area contributed by atoms with Crippen molar-refractivity contribution in [2.75, 3.05) is 11.1 Å². The fraction of sp³-hybridized carbons (Fsp3) is 0.250. The number of hydrogen-bond donors (Lipinski definition) is 2. The number of fused-ring (bicyclic) bond motifs is 2. The Morgan fingerprint density at radius 1 is 1.36 bits per heavy atom. The van der Waals surface area contributed by atoms with Gasteiger partial charge < -0.3 is 10.1 Å². The summed E-state index contributed by atoms with van der Waals surface area (Å²) in [5.74, 6) is -0.246. The van der Waals surface area contributed by atoms with Crippen LogP contribution in [0.3, 0.4) is 0 Å². The molecule has 3 aromatic rings. The van der Waals surface area contributed by atoms with Gasteiger partial charge in [0.15, 0.2) is 10.8 Å². The molecule has 0 radical (unpaired) electrons. The molecule has 3 heterocycles. The monoisotopic (exact) mass is 411 g/mol. The van der Waals surface area contributed by atoms with E-state index in [1.165, 1.54) is 34.7 Å². The largest absolute Gasteiger partial charge is 0.573 e. The molecule has 1 aliphatic rings. The van der Waals surface area contributed by atoms with Crippen LogP contribution in [-0.2, 0) is 4.79 Å². The number of ether oxygens (including phenoxy) is 1. The second-order valence-corrected chi connectivity index (χ2v) is 6.98. The van der Waals surface area contributed by atoms with Gasteiger partial charge >= 0.3 is 6.36 Å². The van der Waals surface area contributed by atoms with Crippen molar-refractivity contribution in [2.24, 2.45) is 0 Å². The maximum atomic E-state index is 12.6. The number of hydrogen-bond acceptors (Lipinski definition) is 6. The Hall–Kier alpha value is -3.02. The zero-order valence-corrected chi connectivity index (χ0v) is 14.8. The molecule has 0 aliphatic carbocycles. The van der Waals surface area contributed by atoms with Gasteiger partial charge in [-0.1, -0.05) is 11.8 Å². The number of H-pyrrole nitrogens is 1. The minimum absolute atomic E-state index is 0.0196. The van der Waals surface area contributed by atoms with E-state index in [1.807, 2.05) is 0 Å². The van der Waals surface area contributed by atoms with E-state index in [2.05, 4.69) is 25.2 Å². The van der Waals surface area contributed by atoms with Crippen LogP contribution in [0.2, 0.25) is 0 Å². The summed E-state index contributed by atoms with van der Waals surface area (Å²) in [5.41, 5.74) is 0.446. The molecule has 8 nitrogen and oxygen atoms in total. The van der Waals surface area contributed by atoms with Gasteiger partial charge in [0.05, 0.1) is 12.2 Å². The number of aromatic amines is 1. The van der Waals surface area contributed by atoms with E-state index < -0.39 is 6.36 Å². The first-order valence-electron chi connectivity index (χ1n) is 8.04. The van der Waals surface area contributed by atoms with E-state index in [0.29, 0.717) is 27.6 Å². The number of alkyl halides is 3. The third-order valence-corrected chi connectivity index (χ3v) is 5.14. The Balaban J connectivity index is 1.45. The quantitative estimate of drug-likeness (QED) is 0.640. The molecular weight excluding hydrogens is 399 g/mol. The number of rotatable bonds is 4. The van der Waals surface area contributed by atoms with Gasteiger partial charge in [-0.05, 0) is 24.3 Å². The van der Waals surface area contributed by atoms with Crippen LogP contribution in [-0.4, -0.2) is 37.8 Å². The van der Waals surface area contributed by atoms with Crippen LogP contribution < -0.4 is 15.6 Å². The highest BCUT2D eigenvalue weighted by Crippen LogP contribution is 2.33. The van der Waals surface area contributed by atoms with E-state index in [9.17, 15) is 22.8 Å². The van der Waals surface area contributed by atoms with Gasteiger partial charge in [-0.3, -0.25) is 19.3 Å². The fourth-order valence-corrected chi connectivity index (χ4v) is 4.01. The van der Waals surface area contributed by atoms with Crippen molar-refractivity contribution in [3.05, 3.63) is 40.8 Å². The normalized spacial score (nSPS) is 16.2. The van der Waals surface area contributed by atoms with E-state index in [1.54, 1.807) is 0 Å². The predicted octanol–water partition coefficient (Wildman–Crippen LogP) is 2.69. The summed E-state index contributed by atoms with van der Waals surface area (Å²) in [4.78, 5) is 29.3. The summed E-state index contributed by atoms with van der Waals surface area (Å²) >= 11 is 1.36. The van der Waals surface area contributed by atoms with Crippen LogP contribution in [0.5, 0.6) is 5.75 Å². The number of carbonyl (C=O) groups excluding carboxylic acids is 1. The van der Waals surface area contributed by atoms with E-state index in [-0.39, 0.29) is 29.7 Å². The molecular formula is C16H12F3N5O3S. The molecule has 1 unspecified atom stereocenters. The number of nitrogens with one attached hydrogen (secondary N) is 2. The number of halogens is 3. The van der Waals surface area contributed by atoms with Crippen molar-refractivity contribution in [3.63, 3.8) is 0 Å². The number of amides is 1. The first-order valence-corrected chi connectivity index (χ1v) is 9.03. The average Bonchev–Trinajstić information content (AvgIpc) is 3.23. The van der Waals surface area contributed by atoms with Crippen LogP contribution in [0, 0.1) is 0 Å². The fourth-order valence-electron chi connectivity index (χ4n) is 2.87. The van der Waals surface area contributed by atoms with E-state index >= 15 is 0 Å². The molecule has 146 valence electrons. The minimum Gasteiger partial charge on any atom is -0.406 e. The molecule has 0 bridgehead atoms. The molecule has 0 saturated carbocycles. The lowest BCUT2D eigenvalue weighted by Crippen LogP contribution is -2.27. The van der Waals surface area contributed by atoms with Crippen molar-refractivity contribution in [2.45, 2.75) is 24.0 Å². The smallest absolute Gasteiger partial charge is 0.406 e. The molecule has 1 amide bonds. The number of nitrogens with zero attached hydrogens (tertiary/aromatic N) is 3. The highest BCUT2D eigenvalue weighted by molar-refractivity contribution is 7.99. The van der Waals surface area contributed by atoms with Gasteiger partial charge in [-0.15, -0.1) is 13.2 Å². The van der Waals surface area contributed by atoms with Crippen LogP contribution in [0.1, 0.15) is 12.5 Å². The summed E-state index contributed by atoms with van der Waals surface area (Å²) in [6, 6.07) is 4.44. The summed E-state index contributed by atoms with van der Waals surface area (Å²) in [5, 5.41) is 9.91. The number of carbonyl (C=O) groups is 1. The summed E-state index contributed by atoms with van der Waals surface area (Å²) in [6.45, 7) is 0. The molecule has 1 aliphatic heterocycles. The molecule has 28 heavy (non-hydrogen) atoms. The molecule has 1 aromatic carbocycles. The third kappa shape index (κ3) is 3.67. The Morgan fingerprint density at radius 3 is 2.82 bits per heavy atom. The molecule has 0 fully saturated rings. The van der Waals surface area contributed by atoms with Crippen molar-refractivity contribution < 1.29 is 22.7 Å². The second-order valence-electron chi connectivity index (χ2n) is 5.99. The van der Waals surface area contributed by atoms with Gasteiger partial charge in [0.25, 0.3) is 5.56 Å². The van der Waals surface area contributed by atoms with E-state index in [4.69, 9.17) is 0 Å². The lowest BCUT2D eigenvalue weighted by atomic mass is 10.2. The van der Waals surface area contributed by atoms with Crippen LogP contribution >= 0.6 is 11.8 Å². The Kier molecular flexibility index (Phi) is 4.49. The Morgan fingerprint density at radius 2 is 2.11 bits per heavy atom. The Labute approximate surface area is 159 Å². The van der Waals surface area contributed by atoms with E-state index in [0.717, 1.165) is 12.1 Å². The maximum Gasteiger partial charge on any atom is 0.573 e.